The van der Waals surface area contributed by atoms with Gasteiger partial charge in [0, 0.05) is 0 Å². The minimum atomic E-state index is -0.0594. The average Bonchev–Trinajstić information content (AvgIpc) is 3.13. The number of benzene rings is 2. The Kier molecular flexibility index (Phi) is 7.53. The van der Waals surface area contributed by atoms with Crippen molar-refractivity contribution < 1.29 is 9.53 Å². The first-order valence-corrected chi connectivity index (χ1v) is 10.6. The van der Waals surface area contributed by atoms with Gasteiger partial charge in [0.1, 0.15) is 12.4 Å². The van der Waals surface area contributed by atoms with Gasteiger partial charge in [0.2, 0.25) is 5.91 Å². The lowest BCUT2D eigenvalue weighted by atomic mass is 10.1. The van der Waals surface area contributed by atoms with Gasteiger partial charge in [0.15, 0.2) is 4.34 Å². The van der Waals surface area contributed by atoms with Crippen LogP contribution in [0, 0.1) is 11.8 Å². The van der Waals surface area contributed by atoms with Gasteiger partial charge in [-0.1, -0.05) is 60.0 Å². The number of carbonyl (C=O) groups is 1. The largest absolute Gasteiger partial charge is 0.481 e. The Morgan fingerprint density at radius 3 is 2.89 bits per heavy atom. The molecule has 4 nitrogen and oxygen atoms in total. The summed E-state index contributed by atoms with van der Waals surface area (Å²) in [5, 5.41) is 2.79. The molecule has 0 radical (unpaired) electrons. The fourth-order valence-corrected chi connectivity index (χ4v) is 4.33. The van der Waals surface area contributed by atoms with E-state index in [1.165, 1.54) is 11.8 Å². The summed E-state index contributed by atoms with van der Waals surface area (Å²) in [6, 6.07) is 15.8. The first-order valence-electron chi connectivity index (χ1n) is 8.78. The molecule has 0 aliphatic rings. The van der Waals surface area contributed by atoms with Crippen LogP contribution in [-0.2, 0) is 11.2 Å². The van der Waals surface area contributed by atoms with Crippen LogP contribution in [0.5, 0.6) is 5.75 Å². The highest BCUT2D eigenvalue weighted by molar-refractivity contribution is 8.01. The number of amides is 1. The van der Waals surface area contributed by atoms with Gasteiger partial charge in [-0.15, -0.1) is 17.9 Å². The lowest BCUT2D eigenvalue weighted by Gasteiger charge is -2.07. The Bertz CT molecular complexity index is 985. The zero-order valence-corrected chi connectivity index (χ0v) is 16.9. The lowest BCUT2D eigenvalue weighted by Crippen LogP contribution is -2.25. The number of thioether (sulfide) groups is 1. The third kappa shape index (κ3) is 5.88. The number of aromatic nitrogens is 1. The number of ether oxygens (including phenoxy) is 1. The second-order valence-electron chi connectivity index (χ2n) is 5.76. The second kappa shape index (κ2) is 10.5. The molecule has 28 heavy (non-hydrogen) atoms. The van der Waals surface area contributed by atoms with Crippen LogP contribution < -0.4 is 10.1 Å². The van der Waals surface area contributed by atoms with E-state index in [0.717, 1.165) is 32.3 Å². The van der Waals surface area contributed by atoms with E-state index in [1.54, 1.807) is 11.3 Å². The van der Waals surface area contributed by atoms with E-state index < -0.39 is 0 Å². The third-order valence-electron chi connectivity index (χ3n) is 3.74. The van der Waals surface area contributed by atoms with Crippen molar-refractivity contribution in [3.63, 3.8) is 0 Å². The molecular formula is C22H20N2O2S2. The number of fused-ring (bicyclic) bond motifs is 1. The highest BCUT2D eigenvalue weighted by Crippen LogP contribution is 2.28. The monoisotopic (exact) mass is 408 g/mol. The molecule has 0 aliphatic heterocycles. The van der Waals surface area contributed by atoms with Gasteiger partial charge in [-0.3, -0.25) is 4.79 Å². The highest BCUT2D eigenvalue weighted by Gasteiger charge is 2.06. The first-order chi connectivity index (χ1) is 13.8. The number of carbonyl (C=O) groups excluding carboxylic acids is 1. The van der Waals surface area contributed by atoms with E-state index in [-0.39, 0.29) is 12.5 Å². The molecule has 2 aromatic carbocycles. The number of rotatable bonds is 8. The summed E-state index contributed by atoms with van der Waals surface area (Å²) in [5.41, 5.74) is 2.05. The van der Waals surface area contributed by atoms with Crippen LogP contribution in [0.4, 0.5) is 0 Å². The van der Waals surface area contributed by atoms with Crippen LogP contribution in [-0.4, -0.2) is 29.8 Å². The molecule has 0 bridgehead atoms. The standard InChI is InChI=1S/C22H20N2O2S2/c1-2-9-17-10-3-5-12-19(17)26-15-8-7-14-23-21(25)16-27-22-24-18-11-4-6-13-20(18)28-22/h2-6,10-13H,1,9,14-16H2,(H,23,25). The molecule has 1 aromatic heterocycles. The second-order valence-corrected chi connectivity index (χ2v) is 8.01. The van der Waals surface area contributed by atoms with Crippen molar-refractivity contribution in [2.24, 2.45) is 0 Å². The lowest BCUT2D eigenvalue weighted by molar-refractivity contribution is -0.118. The first kappa shape index (κ1) is 20.0. The van der Waals surface area contributed by atoms with Crippen molar-refractivity contribution >= 4 is 39.2 Å². The zero-order valence-electron chi connectivity index (χ0n) is 15.3. The maximum Gasteiger partial charge on any atom is 0.231 e. The van der Waals surface area contributed by atoms with Gasteiger partial charge in [0.05, 0.1) is 22.5 Å². The Morgan fingerprint density at radius 2 is 2.04 bits per heavy atom. The summed E-state index contributed by atoms with van der Waals surface area (Å²) < 4.78 is 7.71. The van der Waals surface area contributed by atoms with E-state index in [4.69, 9.17) is 4.74 Å². The summed E-state index contributed by atoms with van der Waals surface area (Å²) in [7, 11) is 0. The summed E-state index contributed by atoms with van der Waals surface area (Å²) in [6.07, 6.45) is 2.60. The molecule has 0 unspecified atom stereocenters. The summed E-state index contributed by atoms with van der Waals surface area (Å²) >= 11 is 3.04. The van der Waals surface area contributed by atoms with E-state index in [9.17, 15) is 4.79 Å². The predicted octanol–water partition coefficient (Wildman–Crippen LogP) is 4.32. The summed E-state index contributed by atoms with van der Waals surface area (Å²) in [4.78, 5) is 16.4. The van der Waals surface area contributed by atoms with Crippen LogP contribution >= 0.6 is 23.1 Å². The van der Waals surface area contributed by atoms with Gasteiger partial charge < -0.3 is 10.1 Å². The maximum absolute atomic E-state index is 11.9. The average molecular weight is 409 g/mol. The topological polar surface area (TPSA) is 51.2 Å². The quantitative estimate of drug-likeness (QED) is 0.343. The minimum Gasteiger partial charge on any atom is -0.481 e. The predicted molar refractivity (Wildman–Crippen MR) is 117 cm³/mol. The SMILES string of the molecule is C=CCc1ccccc1OCC#CCNC(=O)CSc1nc2ccccc2s1. The van der Waals surface area contributed by atoms with Gasteiger partial charge in [-0.05, 0) is 30.2 Å². The number of thiazole rings is 1. The molecule has 0 saturated carbocycles. The molecule has 0 saturated heterocycles. The smallest absolute Gasteiger partial charge is 0.231 e. The van der Waals surface area contributed by atoms with Crippen LogP contribution in [0.25, 0.3) is 10.2 Å². The summed E-state index contributed by atoms with van der Waals surface area (Å²) in [5.74, 6) is 6.91. The van der Waals surface area contributed by atoms with Crippen LogP contribution in [0.15, 0.2) is 65.5 Å². The molecule has 0 aliphatic carbocycles. The number of allylic oxidation sites excluding steroid dienone is 1. The molecular weight excluding hydrogens is 388 g/mol. The molecule has 0 spiro atoms. The molecule has 142 valence electrons. The van der Waals surface area contributed by atoms with E-state index >= 15 is 0 Å². The van der Waals surface area contributed by atoms with Crippen molar-refractivity contribution in [1.29, 1.82) is 0 Å². The Labute approximate surface area is 173 Å². The number of nitrogens with one attached hydrogen (secondary N) is 1. The van der Waals surface area contributed by atoms with E-state index in [1.807, 2.05) is 54.6 Å². The number of para-hydroxylation sites is 2. The van der Waals surface area contributed by atoms with Crippen molar-refractivity contribution in [2.45, 2.75) is 10.8 Å². The van der Waals surface area contributed by atoms with Crippen LogP contribution in [0.3, 0.4) is 0 Å². The van der Waals surface area contributed by atoms with Gasteiger partial charge in [0.25, 0.3) is 0 Å². The van der Waals surface area contributed by atoms with Gasteiger partial charge in [-0.2, -0.15) is 0 Å². The molecule has 0 fully saturated rings. The van der Waals surface area contributed by atoms with Crippen LogP contribution in [0.2, 0.25) is 0 Å². The van der Waals surface area contributed by atoms with E-state index in [0.29, 0.717) is 12.3 Å². The number of hydrogen-bond acceptors (Lipinski definition) is 5. The summed E-state index contributed by atoms with van der Waals surface area (Å²) in [6.45, 7) is 4.34. The normalized spacial score (nSPS) is 10.1. The Hall–Kier alpha value is -2.75. The fraction of sp³-hybridized carbons (Fsp3) is 0.182. The van der Waals surface area contributed by atoms with Crippen molar-refractivity contribution in [3.05, 3.63) is 66.7 Å². The van der Waals surface area contributed by atoms with Gasteiger partial charge >= 0.3 is 0 Å². The fourth-order valence-electron chi connectivity index (χ4n) is 2.43. The van der Waals surface area contributed by atoms with E-state index in [2.05, 4.69) is 28.7 Å². The molecule has 6 heteroatoms. The zero-order chi connectivity index (χ0) is 19.6. The van der Waals surface area contributed by atoms with Crippen molar-refractivity contribution in [3.8, 4) is 17.6 Å². The molecule has 3 aromatic rings. The Morgan fingerprint density at radius 1 is 1.21 bits per heavy atom. The van der Waals surface area contributed by atoms with Gasteiger partial charge in [-0.25, -0.2) is 4.98 Å². The number of hydrogen-bond donors (Lipinski definition) is 1. The minimum absolute atomic E-state index is 0.0594. The highest BCUT2D eigenvalue weighted by atomic mass is 32.2. The maximum atomic E-state index is 11.9. The Balaban J connectivity index is 1.37. The number of nitrogens with zero attached hydrogens (tertiary/aromatic N) is 1. The molecule has 1 heterocycles. The third-order valence-corrected chi connectivity index (χ3v) is 5.92. The van der Waals surface area contributed by atoms with Crippen LogP contribution in [0.1, 0.15) is 5.56 Å². The van der Waals surface area contributed by atoms with Crippen molar-refractivity contribution in [2.75, 3.05) is 18.9 Å². The molecule has 3 rings (SSSR count). The molecule has 1 N–H and O–H groups in total. The molecule has 0 atom stereocenters. The van der Waals surface area contributed by atoms with Crippen molar-refractivity contribution in [1.82, 2.24) is 10.3 Å². The molecule has 1 amide bonds.